The standard InChI is InChI=1S/C18H19NO3/c20-17(19-8-7-13-3-1-2-4-16(13)19)11-22-18(21)15-10-12-5-6-14(15)9-12/h1-6,12,14-15H,7-11H2/t12-,14+,15-/m1/s1. The Labute approximate surface area is 129 Å². The van der Waals surface area contributed by atoms with Crippen LogP contribution in [-0.4, -0.2) is 25.0 Å². The van der Waals surface area contributed by atoms with E-state index in [0.717, 1.165) is 24.9 Å². The zero-order chi connectivity index (χ0) is 15.1. The number of benzene rings is 1. The van der Waals surface area contributed by atoms with Gasteiger partial charge in [-0.3, -0.25) is 9.59 Å². The molecule has 4 heteroatoms. The van der Waals surface area contributed by atoms with Crippen molar-refractivity contribution < 1.29 is 14.3 Å². The van der Waals surface area contributed by atoms with Crippen molar-refractivity contribution in [2.45, 2.75) is 19.3 Å². The second-order valence-electron chi connectivity index (χ2n) is 6.42. The summed E-state index contributed by atoms with van der Waals surface area (Å²) in [5, 5.41) is 0. The van der Waals surface area contributed by atoms with Gasteiger partial charge in [-0.2, -0.15) is 0 Å². The summed E-state index contributed by atoms with van der Waals surface area (Å²) in [5.41, 5.74) is 2.13. The molecule has 0 radical (unpaired) electrons. The van der Waals surface area contributed by atoms with E-state index in [1.165, 1.54) is 5.56 Å². The second-order valence-corrected chi connectivity index (χ2v) is 6.42. The average molecular weight is 297 g/mol. The van der Waals surface area contributed by atoms with Crippen LogP contribution in [0.4, 0.5) is 5.69 Å². The molecule has 0 spiro atoms. The van der Waals surface area contributed by atoms with Crippen molar-refractivity contribution >= 4 is 17.6 Å². The van der Waals surface area contributed by atoms with E-state index in [2.05, 4.69) is 12.2 Å². The Morgan fingerprint density at radius 1 is 1.18 bits per heavy atom. The van der Waals surface area contributed by atoms with Crippen LogP contribution in [0.2, 0.25) is 0 Å². The normalized spacial score (nSPS) is 28.0. The Bertz CT molecular complexity index is 651. The van der Waals surface area contributed by atoms with Crippen LogP contribution in [0.3, 0.4) is 0 Å². The van der Waals surface area contributed by atoms with Crippen molar-refractivity contribution in [3.8, 4) is 0 Å². The molecule has 22 heavy (non-hydrogen) atoms. The van der Waals surface area contributed by atoms with E-state index in [1.807, 2.05) is 24.3 Å². The first-order valence-electron chi connectivity index (χ1n) is 7.95. The highest BCUT2D eigenvalue weighted by molar-refractivity contribution is 5.97. The SMILES string of the molecule is O=C(OCC(=O)N1CCc2ccccc21)[C@@H]1C[C@@H]2C=C[C@H]1C2. The number of allylic oxidation sites excluding steroid dienone is 2. The molecule has 1 aromatic carbocycles. The maximum Gasteiger partial charge on any atom is 0.310 e. The van der Waals surface area contributed by atoms with Gasteiger partial charge in [0.1, 0.15) is 0 Å². The molecule has 1 aliphatic heterocycles. The predicted molar refractivity (Wildman–Crippen MR) is 82.3 cm³/mol. The zero-order valence-corrected chi connectivity index (χ0v) is 12.4. The van der Waals surface area contributed by atoms with Crippen molar-refractivity contribution in [1.29, 1.82) is 0 Å². The molecule has 1 saturated carbocycles. The van der Waals surface area contributed by atoms with E-state index >= 15 is 0 Å². The van der Waals surface area contributed by atoms with E-state index in [9.17, 15) is 9.59 Å². The van der Waals surface area contributed by atoms with Crippen LogP contribution < -0.4 is 4.90 Å². The fraction of sp³-hybridized carbons (Fsp3) is 0.444. The zero-order valence-electron chi connectivity index (χ0n) is 12.4. The smallest absolute Gasteiger partial charge is 0.310 e. The number of fused-ring (bicyclic) bond motifs is 3. The fourth-order valence-electron chi connectivity index (χ4n) is 3.97. The van der Waals surface area contributed by atoms with Crippen molar-refractivity contribution in [2.24, 2.45) is 17.8 Å². The van der Waals surface area contributed by atoms with Crippen molar-refractivity contribution in [3.63, 3.8) is 0 Å². The monoisotopic (exact) mass is 297 g/mol. The van der Waals surface area contributed by atoms with E-state index < -0.39 is 0 Å². The molecule has 0 N–H and O–H groups in total. The van der Waals surface area contributed by atoms with Gasteiger partial charge in [0.15, 0.2) is 6.61 Å². The van der Waals surface area contributed by atoms with E-state index in [0.29, 0.717) is 18.4 Å². The number of para-hydroxylation sites is 1. The van der Waals surface area contributed by atoms with Crippen molar-refractivity contribution in [1.82, 2.24) is 0 Å². The molecule has 1 aromatic rings. The van der Waals surface area contributed by atoms with Crippen LogP contribution >= 0.6 is 0 Å². The first-order valence-corrected chi connectivity index (χ1v) is 7.95. The lowest BCUT2D eigenvalue weighted by molar-refractivity contribution is -0.152. The Hall–Kier alpha value is -2.10. The fourth-order valence-corrected chi connectivity index (χ4v) is 3.97. The Morgan fingerprint density at radius 2 is 2.05 bits per heavy atom. The summed E-state index contributed by atoms with van der Waals surface area (Å²) in [4.78, 5) is 26.2. The van der Waals surface area contributed by atoms with E-state index in [4.69, 9.17) is 4.74 Å². The Kier molecular flexibility index (Phi) is 3.25. The summed E-state index contributed by atoms with van der Waals surface area (Å²) >= 11 is 0. The molecule has 0 saturated heterocycles. The molecule has 2 aliphatic carbocycles. The number of carbonyl (C=O) groups is 2. The summed E-state index contributed by atoms with van der Waals surface area (Å²) in [6, 6.07) is 7.90. The third-order valence-corrected chi connectivity index (χ3v) is 5.11. The average Bonchev–Trinajstić information content (AvgIpc) is 3.26. The first kappa shape index (κ1) is 13.6. The third kappa shape index (κ3) is 2.23. The van der Waals surface area contributed by atoms with Gasteiger partial charge in [0.2, 0.25) is 0 Å². The predicted octanol–water partition coefficient (Wildman–Crippen LogP) is 2.33. The van der Waals surface area contributed by atoms with Gasteiger partial charge in [0.05, 0.1) is 5.92 Å². The summed E-state index contributed by atoms with van der Waals surface area (Å²) in [5.74, 6) is 0.465. The topological polar surface area (TPSA) is 46.6 Å². The maximum absolute atomic E-state index is 12.3. The number of rotatable bonds is 3. The largest absolute Gasteiger partial charge is 0.455 e. The van der Waals surface area contributed by atoms with Crippen molar-refractivity contribution in [3.05, 3.63) is 42.0 Å². The molecule has 0 aromatic heterocycles. The molecule has 3 aliphatic rings. The second kappa shape index (κ2) is 5.27. The van der Waals surface area contributed by atoms with Crippen LogP contribution in [0.5, 0.6) is 0 Å². The lowest BCUT2D eigenvalue weighted by Crippen LogP contribution is -2.34. The van der Waals surface area contributed by atoms with Gasteiger partial charge in [-0.1, -0.05) is 30.4 Å². The molecule has 2 bridgehead atoms. The number of amides is 1. The highest BCUT2D eigenvalue weighted by Crippen LogP contribution is 2.43. The molecule has 3 atom stereocenters. The number of nitrogens with zero attached hydrogens (tertiary/aromatic N) is 1. The number of hydrogen-bond donors (Lipinski definition) is 0. The van der Waals surface area contributed by atoms with E-state index in [1.54, 1.807) is 4.90 Å². The van der Waals surface area contributed by atoms with Gasteiger partial charge >= 0.3 is 5.97 Å². The Balaban J connectivity index is 1.35. The number of anilines is 1. The number of carbonyl (C=O) groups excluding carboxylic acids is 2. The highest BCUT2D eigenvalue weighted by Gasteiger charge is 2.41. The van der Waals surface area contributed by atoms with Gasteiger partial charge in [-0.05, 0) is 42.7 Å². The summed E-state index contributed by atoms with van der Waals surface area (Å²) < 4.78 is 5.30. The first-order chi connectivity index (χ1) is 10.7. The van der Waals surface area contributed by atoms with Crippen LogP contribution in [0.15, 0.2) is 36.4 Å². The van der Waals surface area contributed by atoms with Gasteiger partial charge in [0.25, 0.3) is 5.91 Å². The van der Waals surface area contributed by atoms with E-state index in [-0.39, 0.29) is 24.4 Å². The third-order valence-electron chi connectivity index (χ3n) is 5.11. The lowest BCUT2D eigenvalue weighted by Gasteiger charge is -2.19. The number of esters is 1. The minimum Gasteiger partial charge on any atom is -0.455 e. The van der Waals surface area contributed by atoms with Gasteiger partial charge in [-0.25, -0.2) is 0 Å². The van der Waals surface area contributed by atoms with Gasteiger partial charge in [0, 0.05) is 12.2 Å². The van der Waals surface area contributed by atoms with Crippen molar-refractivity contribution in [2.75, 3.05) is 18.1 Å². The number of ether oxygens (including phenoxy) is 1. The van der Waals surface area contributed by atoms with Gasteiger partial charge in [-0.15, -0.1) is 0 Å². The Morgan fingerprint density at radius 3 is 2.82 bits per heavy atom. The molecular formula is C18H19NO3. The molecule has 4 nitrogen and oxygen atoms in total. The molecular weight excluding hydrogens is 278 g/mol. The quantitative estimate of drug-likeness (QED) is 0.635. The van der Waals surface area contributed by atoms with Crippen LogP contribution in [-0.2, 0) is 20.7 Å². The molecule has 0 unspecified atom stereocenters. The summed E-state index contributed by atoms with van der Waals surface area (Å²) in [6.45, 7) is 0.525. The van der Waals surface area contributed by atoms with Crippen LogP contribution in [0, 0.1) is 17.8 Å². The molecule has 1 heterocycles. The number of hydrogen-bond acceptors (Lipinski definition) is 3. The van der Waals surface area contributed by atoms with Gasteiger partial charge < -0.3 is 9.64 Å². The summed E-state index contributed by atoms with van der Waals surface area (Å²) in [7, 11) is 0. The maximum atomic E-state index is 12.3. The minimum absolute atomic E-state index is 0.0475. The lowest BCUT2D eigenvalue weighted by atomic mass is 9.94. The molecule has 1 amide bonds. The van der Waals surface area contributed by atoms with Crippen LogP contribution in [0.25, 0.3) is 0 Å². The minimum atomic E-state index is -0.210. The molecule has 1 fully saturated rings. The summed E-state index contributed by atoms with van der Waals surface area (Å²) in [6.07, 6.45) is 7.13. The van der Waals surface area contributed by atoms with Crippen LogP contribution in [0.1, 0.15) is 18.4 Å². The highest BCUT2D eigenvalue weighted by atomic mass is 16.5. The molecule has 4 rings (SSSR count). The molecule has 114 valence electrons.